The van der Waals surface area contributed by atoms with Crippen molar-refractivity contribution in [2.24, 2.45) is 0 Å². The highest BCUT2D eigenvalue weighted by molar-refractivity contribution is 6.39. The molecule has 2 N–H and O–H groups in total. The van der Waals surface area contributed by atoms with Crippen molar-refractivity contribution in [3.05, 3.63) is 65.2 Å². The van der Waals surface area contributed by atoms with E-state index in [0.29, 0.717) is 17.1 Å². The van der Waals surface area contributed by atoms with Gasteiger partial charge in [0.2, 0.25) is 0 Å². The third-order valence-electron chi connectivity index (χ3n) is 4.08. The van der Waals surface area contributed by atoms with E-state index < -0.39 is 17.4 Å². The average molecular weight is 361 g/mol. The van der Waals surface area contributed by atoms with Gasteiger partial charge in [-0.25, -0.2) is 0 Å². The van der Waals surface area contributed by atoms with E-state index in [9.17, 15) is 9.59 Å². The van der Waals surface area contributed by atoms with E-state index in [-0.39, 0.29) is 6.54 Å². The van der Waals surface area contributed by atoms with Gasteiger partial charge in [-0.1, -0.05) is 54.9 Å². The van der Waals surface area contributed by atoms with E-state index >= 15 is 0 Å². The Bertz CT molecular complexity index is 730. The van der Waals surface area contributed by atoms with Gasteiger partial charge in [-0.2, -0.15) is 0 Å². The van der Waals surface area contributed by atoms with Gasteiger partial charge in [-0.05, 0) is 30.2 Å². The van der Waals surface area contributed by atoms with Crippen molar-refractivity contribution < 1.29 is 14.3 Å². The second kappa shape index (κ2) is 8.65. The molecule has 0 aliphatic rings. The van der Waals surface area contributed by atoms with Crippen molar-refractivity contribution in [2.45, 2.75) is 18.9 Å². The monoisotopic (exact) mass is 360 g/mol. The van der Waals surface area contributed by atoms with Crippen LogP contribution in [0.25, 0.3) is 0 Å². The van der Waals surface area contributed by atoms with Crippen LogP contribution in [-0.2, 0) is 19.9 Å². The molecule has 0 radical (unpaired) electrons. The van der Waals surface area contributed by atoms with Crippen LogP contribution in [0.15, 0.2) is 54.6 Å². The zero-order valence-corrected chi connectivity index (χ0v) is 15.0. The first-order chi connectivity index (χ1) is 12.0. The van der Waals surface area contributed by atoms with Gasteiger partial charge < -0.3 is 15.4 Å². The molecule has 1 atom stereocenters. The minimum absolute atomic E-state index is 0.186. The van der Waals surface area contributed by atoms with E-state index in [1.807, 2.05) is 37.3 Å². The first-order valence-electron chi connectivity index (χ1n) is 7.96. The van der Waals surface area contributed by atoms with Crippen molar-refractivity contribution in [1.29, 1.82) is 0 Å². The highest BCUT2D eigenvalue weighted by atomic mass is 35.5. The summed E-state index contributed by atoms with van der Waals surface area (Å²) in [4.78, 5) is 24.2. The first-order valence-corrected chi connectivity index (χ1v) is 8.34. The van der Waals surface area contributed by atoms with Crippen LogP contribution in [0.1, 0.15) is 18.9 Å². The Hall–Kier alpha value is -2.37. The van der Waals surface area contributed by atoms with E-state index in [1.54, 1.807) is 31.4 Å². The Morgan fingerprint density at radius 2 is 1.80 bits per heavy atom. The summed E-state index contributed by atoms with van der Waals surface area (Å²) in [6.07, 6.45) is 0.643. The normalized spacial score (nSPS) is 12.9. The summed E-state index contributed by atoms with van der Waals surface area (Å²) in [6.45, 7) is 2.15. The molecule has 0 aromatic heterocycles. The maximum Gasteiger partial charge on any atom is 0.313 e. The van der Waals surface area contributed by atoms with Crippen molar-refractivity contribution in [3.63, 3.8) is 0 Å². The second-order valence-electron chi connectivity index (χ2n) is 5.57. The van der Waals surface area contributed by atoms with Crippen LogP contribution in [0.4, 0.5) is 5.69 Å². The molecule has 2 amide bonds. The van der Waals surface area contributed by atoms with Crippen molar-refractivity contribution in [3.8, 4) is 0 Å². The van der Waals surface area contributed by atoms with Crippen LogP contribution in [0.5, 0.6) is 0 Å². The lowest BCUT2D eigenvalue weighted by Crippen LogP contribution is -2.45. The van der Waals surface area contributed by atoms with Gasteiger partial charge in [-0.3, -0.25) is 9.59 Å². The molecule has 0 bridgehead atoms. The topological polar surface area (TPSA) is 67.4 Å². The molecule has 2 aromatic rings. The summed E-state index contributed by atoms with van der Waals surface area (Å²) >= 11 is 5.87. The average Bonchev–Trinajstić information content (AvgIpc) is 2.63. The number of carbonyl (C=O) groups is 2. The van der Waals surface area contributed by atoms with E-state index in [0.717, 1.165) is 5.56 Å². The SMILES string of the molecule is CCC(CNC(=O)C(=O)Nc1cccc(Cl)c1)(OC)c1ccccc1. The molecule has 25 heavy (non-hydrogen) atoms. The van der Waals surface area contributed by atoms with Crippen molar-refractivity contribution in [2.75, 3.05) is 19.0 Å². The molecule has 0 fully saturated rings. The minimum atomic E-state index is -0.753. The maximum absolute atomic E-state index is 12.1. The summed E-state index contributed by atoms with van der Waals surface area (Å²) in [7, 11) is 1.59. The Kier molecular flexibility index (Phi) is 6.56. The fourth-order valence-corrected chi connectivity index (χ4v) is 2.76. The predicted octanol–water partition coefficient (Wildman–Crippen LogP) is 3.35. The maximum atomic E-state index is 12.1. The lowest BCUT2D eigenvalue weighted by atomic mass is 9.90. The highest BCUT2D eigenvalue weighted by Gasteiger charge is 2.31. The highest BCUT2D eigenvalue weighted by Crippen LogP contribution is 2.28. The number of rotatable bonds is 6. The van der Waals surface area contributed by atoms with Crippen LogP contribution in [0.3, 0.4) is 0 Å². The molecule has 0 heterocycles. The van der Waals surface area contributed by atoms with E-state index in [4.69, 9.17) is 16.3 Å². The molecule has 5 nitrogen and oxygen atoms in total. The summed E-state index contributed by atoms with van der Waals surface area (Å²) in [5.74, 6) is -1.48. The zero-order chi connectivity index (χ0) is 18.3. The molecule has 0 spiro atoms. The molecule has 2 aromatic carbocycles. The van der Waals surface area contributed by atoms with Gasteiger partial charge in [0, 0.05) is 17.8 Å². The number of hydrogen-bond acceptors (Lipinski definition) is 3. The third-order valence-corrected chi connectivity index (χ3v) is 4.32. The van der Waals surface area contributed by atoms with Gasteiger partial charge in [0.15, 0.2) is 0 Å². The Labute approximate surface area is 152 Å². The van der Waals surface area contributed by atoms with Crippen LogP contribution in [0.2, 0.25) is 5.02 Å². The van der Waals surface area contributed by atoms with Gasteiger partial charge in [0.25, 0.3) is 0 Å². The van der Waals surface area contributed by atoms with Crippen LogP contribution in [0, 0.1) is 0 Å². The summed E-state index contributed by atoms with van der Waals surface area (Å²) in [5.41, 5.74) is 0.715. The van der Waals surface area contributed by atoms with E-state index in [2.05, 4.69) is 10.6 Å². The van der Waals surface area contributed by atoms with Gasteiger partial charge in [-0.15, -0.1) is 0 Å². The fourth-order valence-electron chi connectivity index (χ4n) is 2.56. The number of amides is 2. The third kappa shape index (κ3) is 4.81. The van der Waals surface area contributed by atoms with Crippen molar-refractivity contribution >= 4 is 29.1 Å². The van der Waals surface area contributed by atoms with Crippen LogP contribution < -0.4 is 10.6 Å². The quantitative estimate of drug-likeness (QED) is 0.776. The summed E-state index contributed by atoms with van der Waals surface area (Å²) in [5, 5.41) is 5.65. The molecule has 132 valence electrons. The molecular formula is C19H21ClN2O3. The molecular weight excluding hydrogens is 340 g/mol. The number of benzene rings is 2. The Balaban J connectivity index is 2.02. The number of halogens is 1. The van der Waals surface area contributed by atoms with Crippen LogP contribution in [-0.4, -0.2) is 25.5 Å². The minimum Gasteiger partial charge on any atom is -0.372 e. The van der Waals surface area contributed by atoms with Crippen molar-refractivity contribution in [1.82, 2.24) is 5.32 Å². The predicted molar refractivity (Wildman–Crippen MR) is 98.5 cm³/mol. The number of nitrogens with one attached hydrogen (secondary N) is 2. The zero-order valence-electron chi connectivity index (χ0n) is 14.2. The Morgan fingerprint density at radius 1 is 1.08 bits per heavy atom. The molecule has 6 heteroatoms. The molecule has 0 saturated heterocycles. The first kappa shape index (κ1) is 19.0. The lowest BCUT2D eigenvalue weighted by Gasteiger charge is -2.32. The standard InChI is InChI=1S/C19H21ClN2O3/c1-3-19(25-2,14-8-5-4-6-9-14)13-21-17(23)18(24)22-16-11-7-10-15(20)12-16/h4-12H,3,13H2,1-2H3,(H,21,23)(H,22,24). The summed E-state index contributed by atoms with van der Waals surface area (Å²) in [6, 6.07) is 16.2. The number of carbonyl (C=O) groups excluding carboxylic acids is 2. The lowest BCUT2D eigenvalue weighted by molar-refractivity contribution is -0.137. The number of hydrogen-bond donors (Lipinski definition) is 2. The van der Waals surface area contributed by atoms with Gasteiger partial charge in [0.1, 0.15) is 5.60 Å². The van der Waals surface area contributed by atoms with Crippen LogP contribution >= 0.6 is 11.6 Å². The number of methoxy groups -OCH3 is 1. The van der Waals surface area contributed by atoms with E-state index in [1.165, 1.54) is 0 Å². The van der Waals surface area contributed by atoms with Gasteiger partial charge in [0.05, 0.1) is 6.54 Å². The van der Waals surface area contributed by atoms with Gasteiger partial charge >= 0.3 is 11.8 Å². The number of ether oxygens (including phenoxy) is 1. The fraction of sp³-hybridized carbons (Fsp3) is 0.263. The second-order valence-corrected chi connectivity index (χ2v) is 6.00. The smallest absolute Gasteiger partial charge is 0.313 e. The largest absolute Gasteiger partial charge is 0.372 e. The summed E-state index contributed by atoms with van der Waals surface area (Å²) < 4.78 is 5.67. The molecule has 1 unspecified atom stereocenters. The molecule has 0 saturated carbocycles. The number of anilines is 1. The molecule has 0 aliphatic carbocycles. The molecule has 0 aliphatic heterocycles. The Morgan fingerprint density at radius 3 is 2.40 bits per heavy atom. The molecule has 2 rings (SSSR count).